The summed E-state index contributed by atoms with van der Waals surface area (Å²) in [6, 6.07) is 4.16. The van der Waals surface area contributed by atoms with Gasteiger partial charge in [-0.1, -0.05) is 6.92 Å². The van der Waals surface area contributed by atoms with E-state index in [2.05, 4.69) is 12.2 Å². The number of benzene rings is 1. The Labute approximate surface area is 119 Å². The molecule has 0 fully saturated rings. The van der Waals surface area contributed by atoms with Crippen molar-refractivity contribution in [2.75, 3.05) is 26.9 Å². The molecule has 0 aliphatic carbocycles. The Balaban J connectivity index is 2.08. The molecule has 112 valence electrons. The van der Waals surface area contributed by atoms with Gasteiger partial charge in [0.1, 0.15) is 13.2 Å². The van der Waals surface area contributed by atoms with Gasteiger partial charge in [0.15, 0.2) is 11.5 Å². The molecule has 0 saturated heterocycles. The van der Waals surface area contributed by atoms with Crippen LogP contribution in [0.4, 0.5) is 0 Å². The Kier molecular flexibility index (Phi) is 5.09. The minimum Gasteiger partial charge on any atom is -0.493 e. The molecule has 1 aromatic carbocycles. The van der Waals surface area contributed by atoms with Gasteiger partial charge in [-0.3, -0.25) is 0 Å². The zero-order valence-corrected chi connectivity index (χ0v) is 12.3. The zero-order valence-electron chi connectivity index (χ0n) is 12.3. The standard InChI is InChI=1S/C15H23NO4/c1-10(9-17)11(2)16-8-12-6-13(18-3)15-14(7-12)19-4-5-20-15/h6-7,10-11,16-17H,4-5,8-9H2,1-3H3. The van der Waals surface area contributed by atoms with Gasteiger partial charge in [0.2, 0.25) is 5.75 Å². The lowest BCUT2D eigenvalue weighted by Crippen LogP contribution is -2.33. The summed E-state index contributed by atoms with van der Waals surface area (Å²) >= 11 is 0. The van der Waals surface area contributed by atoms with Crippen LogP contribution < -0.4 is 19.5 Å². The molecular formula is C15H23NO4. The quantitative estimate of drug-likeness (QED) is 0.829. The van der Waals surface area contributed by atoms with Crippen molar-refractivity contribution in [2.24, 2.45) is 5.92 Å². The molecule has 1 aromatic rings. The predicted octanol–water partition coefficient (Wildman–Crippen LogP) is 1.57. The van der Waals surface area contributed by atoms with Crippen molar-refractivity contribution < 1.29 is 19.3 Å². The summed E-state index contributed by atoms with van der Waals surface area (Å²) in [7, 11) is 1.63. The Bertz CT molecular complexity index is 432. The molecule has 1 aliphatic rings. The third-order valence-corrected chi connectivity index (χ3v) is 3.66. The van der Waals surface area contributed by atoms with Crippen molar-refractivity contribution in [1.82, 2.24) is 5.32 Å². The van der Waals surface area contributed by atoms with Gasteiger partial charge in [0, 0.05) is 19.2 Å². The molecule has 1 heterocycles. The molecular weight excluding hydrogens is 258 g/mol. The van der Waals surface area contributed by atoms with Gasteiger partial charge in [-0.05, 0) is 30.5 Å². The molecule has 5 heteroatoms. The van der Waals surface area contributed by atoms with E-state index < -0.39 is 0 Å². The second-order valence-corrected chi connectivity index (χ2v) is 5.15. The highest BCUT2D eigenvalue weighted by Crippen LogP contribution is 2.40. The second kappa shape index (κ2) is 6.81. The molecule has 1 aliphatic heterocycles. The molecule has 2 rings (SSSR count). The van der Waals surface area contributed by atoms with Crippen LogP contribution in [-0.4, -0.2) is 38.1 Å². The number of ether oxygens (including phenoxy) is 3. The number of aliphatic hydroxyl groups excluding tert-OH is 1. The molecule has 5 nitrogen and oxygen atoms in total. The number of rotatable bonds is 6. The van der Waals surface area contributed by atoms with E-state index in [0.29, 0.717) is 31.3 Å². The van der Waals surface area contributed by atoms with Gasteiger partial charge in [0.05, 0.1) is 7.11 Å². The smallest absolute Gasteiger partial charge is 0.203 e. The number of hydrogen-bond acceptors (Lipinski definition) is 5. The number of fused-ring (bicyclic) bond motifs is 1. The van der Waals surface area contributed by atoms with E-state index in [9.17, 15) is 0 Å². The summed E-state index contributed by atoms with van der Waals surface area (Å²) in [6.45, 7) is 6.06. The van der Waals surface area contributed by atoms with Crippen LogP contribution in [0.5, 0.6) is 17.2 Å². The van der Waals surface area contributed by atoms with Crippen LogP contribution in [0.1, 0.15) is 19.4 Å². The van der Waals surface area contributed by atoms with Crippen LogP contribution in [0.3, 0.4) is 0 Å². The monoisotopic (exact) mass is 281 g/mol. The fourth-order valence-electron chi connectivity index (χ4n) is 2.07. The largest absolute Gasteiger partial charge is 0.493 e. The Morgan fingerprint density at radius 2 is 2.05 bits per heavy atom. The first-order valence-corrected chi connectivity index (χ1v) is 6.96. The maximum absolute atomic E-state index is 9.15. The number of aliphatic hydroxyl groups is 1. The normalized spacial score (nSPS) is 16.6. The van der Waals surface area contributed by atoms with Crippen LogP contribution in [0.15, 0.2) is 12.1 Å². The maximum Gasteiger partial charge on any atom is 0.203 e. The topological polar surface area (TPSA) is 60.0 Å². The number of nitrogens with one attached hydrogen (secondary N) is 1. The van der Waals surface area contributed by atoms with Gasteiger partial charge in [-0.2, -0.15) is 0 Å². The molecule has 2 unspecified atom stereocenters. The van der Waals surface area contributed by atoms with E-state index in [1.165, 1.54) is 0 Å². The molecule has 0 aromatic heterocycles. The number of hydrogen-bond donors (Lipinski definition) is 2. The first-order chi connectivity index (χ1) is 9.65. The van der Waals surface area contributed by atoms with Crippen LogP contribution in [0, 0.1) is 5.92 Å². The summed E-state index contributed by atoms with van der Waals surface area (Å²) in [5.41, 5.74) is 1.07. The Hall–Kier alpha value is -1.46. The summed E-state index contributed by atoms with van der Waals surface area (Å²) in [6.07, 6.45) is 0. The third kappa shape index (κ3) is 3.35. The fourth-order valence-corrected chi connectivity index (χ4v) is 2.07. The summed E-state index contributed by atoms with van der Waals surface area (Å²) in [4.78, 5) is 0. The Morgan fingerprint density at radius 1 is 1.30 bits per heavy atom. The lowest BCUT2D eigenvalue weighted by Gasteiger charge is -2.23. The molecule has 2 N–H and O–H groups in total. The second-order valence-electron chi connectivity index (χ2n) is 5.15. The predicted molar refractivity (Wildman–Crippen MR) is 76.5 cm³/mol. The first-order valence-electron chi connectivity index (χ1n) is 6.96. The van der Waals surface area contributed by atoms with Crippen molar-refractivity contribution in [3.05, 3.63) is 17.7 Å². The van der Waals surface area contributed by atoms with Crippen molar-refractivity contribution in [2.45, 2.75) is 26.4 Å². The molecule has 2 atom stereocenters. The molecule has 0 amide bonds. The maximum atomic E-state index is 9.15. The van der Waals surface area contributed by atoms with Gasteiger partial charge in [-0.25, -0.2) is 0 Å². The van der Waals surface area contributed by atoms with Crippen LogP contribution >= 0.6 is 0 Å². The minimum atomic E-state index is 0.179. The highest BCUT2D eigenvalue weighted by Gasteiger charge is 2.19. The fraction of sp³-hybridized carbons (Fsp3) is 0.600. The highest BCUT2D eigenvalue weighted by atomic mass is 16.6. The molecule has 0 spiro atoms. The van der Waals surface area contributed by atoms with Crippen molar-refractivity contribution >= 4 is 0 Å². The van der Waals surface area contributed by atoms with Gasteiger partial charge < -0.3 is 24.6 Å². The van der Waals surface area contributed by atoms with Gasteiger partial charge >= 0.3 is 0 Å². The van der Waals surface area contributed by atoms with Crippen molar-refractivity contribution in [1.29, 1.82) is 0 Å². The lowest BCUT2D eigenvalue weighted by molar-refractivity contribution is 0.164. The van der Waals surface area contributed by atoms with Crippen LogP contribution in [0.25, 0.3) is 0 Å². The van der Waals surface area contributed by atoms with E-state index in [4.69, 9.17) is 19.3 Å². The van der Waals surface area contributed by atoms with Crippen molar-refractivity contribution in [3.8, 4) is 17.2 Å². The van der Waals surface area contributed by atoms with Crippen LogP contribution in [-0.2, 0) is 6.54 Å². The first kappa shape index (κ1) is 14.9. The number of methoxy groups -OCH3 is 1. The molecule has 0 radical (unpaired) electrons. The van der Waals surface area contributed by atoms with Crippen molar-refractivity contribution in [3.63, 3.8) is 0 Å². The zero-order chi connectivity index (χ0) is 14.5. The van der Waals surface area contributed by atoms with E-state index >= 15 is 0 Å². The van der Waals surface area contributed by atoms with E-state index in [0.717, 1.165) is 11.3 Å². The average molecular weight is 281 g/mol. The lowest BCUT2D eigenvalue weighted by atomic mass is 10.0. The van der Waals surface area contributed by atoms with E-state index in [1.807, 2.05) is 19.1 Å². The SMILES string of the molecule is COc1cc(CNC(C)C(C)CO)cc2c1OCCO2. The molecule has 20 heavy (non-hydrogen) atoms. The van der Waals surface area contributed by atoms with Gasteiger partial charge in [-0.15, -0.1) is 0 Å². The highest BCUT2D eigenvalue weighted by molar-refractivity contribution is 5.54. The average Bonchev–Trinajstić information content (AvgIpc) is 2.50. The summed E-state index contributed by atoms with van der Waals surface area (Å²) < 4.78 is 16.5. The summed E-state index contributed by atoms with van der Waals surface area (Å²) in [5, 5.41) is 12.5. The molecule has 0 saturated carbocycles. The minimum absolute atomic E-state index is 0.179. The molecule has 0 bridgehead atoms. The van der Waals surface area contributed by atoms with E-state index in [-0.39, 0.29) is 18.6 Å². The van der Waals surface area contributed by atoms with Crippen LogP contribution in [0.2, 0.25) is 0 Å². The summed E-state index contributed by atoms with van der Waals surface area (Å²) in [5.74, 6) is 2.32. The Morgan fingerprint density at radius 3 is 2.75 bits per heavy atom. The van der Waals surface area contributed by atoms with Gasteiger partial charge in [0.25, 0.3) is 0 Å². The third-order valence-electron chi connectivity index (χ3n) is 3.66. The van der Waals surface area contributed by atoms with E-state index in [1.54, 1.807) is 7.11 Å².